The third-order valence-corrected chi connectivity index (χ3v) is 5.68. The maximum atomic E-state index is 11.8. The Bertz CT molecular complexity index is 1690. The summed E-state index contributed by atoms with van der Waals surface area (Å²) in [5.41, 5.74) is 3.03. The average Bonchev–Trinajstić information content (AvgIpc) is 2.97. The molecule has 1 radical (unpaired) electrons. The number of hydrogen-bond acceptors (Lipinski definition) is 5. The minimum atomic E-state index is -0.202. The van der Waals surface area contributed by atoms with Gasteiger partial charge in [-0.3, -0.25) is 19.7 Å². The third-order valence-electron chi connectivity index (χ3n) is 5.68. The van der Waals surface area contributed by atoms with Gasteiger partial charge in [0.05, 0.1) is 11.3 Å². The van der Waals surface area contributed by atoms with Crippen molar-refractivity contribution in [1.29, 1.82) is 0 Å². The van der Waals surface area contributed by atoms with E-state index in [1.54, 1.807) is 42.6 Å². The smallest absolute Gasteiger partial charge is 0.189 e. The summed E-state index contributed by atoms with van der Waals surface area (Å²) in [5.74, 6) is 0.479. The fourth-order valence-electron chi connectivity index (χ4n) is 3.78. The van der Waals surface area contributed by atoms with Crippen molar-refractivity contribution in [2.24, 2.45) is 0 Å². The van der Waals surface area contributed by atoms with Gasteiger partial charge >= 0.3 is 0 Å². The topological polar surface area (TPSA) is 76.0 Å². The SMILES string of the molecule is O=C(/C=C(\O)c1ccccc1)c1ccccc1.[Ir].[c-]1ccccc1-c1ncc2cc3ccncc3cc2n1. The van der Waals surface area contributed by atoms with Gasteiger partial charge in [0.1, 0.15) is 5.76 Å². The van der Waals surface area contributed by atoms with E-state index in [1.165, 1.54) is 6.08 Å². The van der Waals surface area contributed by atoms with E-state index in [0.717, 1.165) is 27.2 Å². The first-order chi connectivity index (χ1) is 18.2. The van der Waals surface area contributed by atoms with E-state index in [-0.39, 0.29) is 31.6 Å². The monoisotopic (exact) mass is 673 g/mol. The van der Waals surface area contributed by atoms with Crippen molar-refractivity contribution in [3.63, 3.8) is 0 Å². The van der Waals surface area contributed by atoms with E-state index in [0.29, 0.717) is 17.0 Å². The van der Waals surface area contributed by atoms with Gasteiger partial charge in [0.2, 0.25) is 0 Å². The number of benzene rings is 4. The molecule has 0 saturated heterocycles. The molecule has 4 aromatic carbocycles. The maximum absolute atomic E-state index is 11.8. The number of carbonyl (C=O) groups is 1. The molecule has 38 heavy (non-hydrogen) atoms. The van der Waals surface area contributed by atoms with Crippen molar-refractivity contribution >= 4 is 33.2 Å². The first kappa shape index (κ1) is 26.5. The van der Waals surface area contributed by atoms with Crippen molar-refractivity contribution in [2.45, 2.75) is 0 Å². The molecule has 2 aromatic heterocycles. The number of ketones is 1. The van der Waals surface area contributed by atoms with Gasteiger partial charge in [0.25, 0.3) is 0 Å². The number of fused-ring (bicyclic) bond motifs is 2. The Hall–Kier alpha value is -4.51. The van der Waals surface area contributed by atoms with Crippen LogP contribution in [0.5, 0.6) is 0 Å². The summed E-state index contributed by atoms with van der Waals surface area (Å²) in [4.78, 5) is 25.0. The van der Waals surface area contributed by atoms with Gasteiger partial charge in [-0.25, -0.2) is 0 Å². The van der Waals surface area contributed by atoms with Crippen LogP contribution in [0.4, 0.5) is 0 Å². The van der Waals surface area contributed by atoms with Crippen LogP contribution in [0.3, 0.4) is 0 Å². The molecular weight excluding hydrogens is 651 g/mol. The molecule has 0 aliphatic rings. The molecule has 6 heteroatoms. The Balaban J connectivity index is 0.000000175. The van der Waals surface area contributed by atoms with Crippen LogP contribution in [0.15, 0.2) is 128 Å². The standard InChI is InChI=1S/C17H10N3.C15H12O2.Ir/c1-2-4-12(5-3-1)17-19-11-15-8-13-6-7-18-10-14(13)9-16(15)20-17;16-14(12-7-3-1-4-8-12)11-15(17)13-9-5-2-6-10-13;/h1-4,6-11H;1-11,16H;/q-1;;/b;14-11-;. The number of hydrogen-bond donors (Lipinski definition) is 1. The van der Waals surface area contributed by atoms with Crippen LogP contribution in [-0.2, 0) is 20.1 Å². The molecule has 0 unspecified atom stereocenters. The van der Waals surface area contributed by atoms with Crippen molar-refractivity contribution < 1.29 is 30.0 Å². The second-order valence-corrected chi connectivity index (χ2v) is 8.23. The number of aromatic nitrogens is 3. The molecule has 2 heterocycles. The van der Waals surface area contributed by atoms with E-state index >= 15 is 0 Å². The van der Waals surface area contributed by atoms with Crippen LogP contribution in [0.25, 0.3) is 38.8 Å². The summed E-state index contributed by atoms with van der Waals surface area (Å²) < 4.78 is 0. The van der Waals surface area contributed by atoms with Crippen molar-refractivity contribution in [1.82, 2.24) is 15.0 Å². The maximum Gasteiger partial charge on any atom is 0.189 e. The number of aliphatic hydroxyl groups excluding tert-OH is 1. The molecule has 0 aliphatic heterocycles. The molecule has 6 aromatic rings. The van der Waals surface area contributed by atoms with Crippen LogP contribution in [0.1, 0.15) is 15.9 Å². The minimum Gasteiger partial charge on any atom is -0.507 e. The predicted octanol–water partition coefficient (Wildman–Crippen LogP) is 7.11. The van der Waals surface area contributed by atoms with E-state index in [4.69, 9.17) is 0 Å². The molecule has 0 saturated carbocycles. The third kappa shape index (κ3) is 6.43. The van der Waals surface area contributed by atoms with Crippen molar-refractivity contribution in [3.05, 3.63) is 145 Å². The zero-order valence-electron chi connectivity index (χ0n) is 20.2. The fraction of sp³-hybridized carbons (Fsp3) is 0. The normalized spacial score (nSPS) is 10.8. The number of rotatable bonds is 4. The Labute approximate surface area is 233 Å². The predicted molar refractivity (Wildman–Crippen MR) is 147 cm³/mol. The van der Waals surface area contributed by atoms with Crippen molar-refractivity contribution in [2.75, 3.05) is 0 Å². The van der Waals surface area contributed by atoms with Gasteiger partial charge in [0, 0.05) is 66.7 Å². The van der Waals surface area contributed by atoms with Gasteiger partial charge < -0.3 is 5.11 Å². The van der Waals surface area contributed by atoms with Gasteiger partial charge in [-0.05, 0) is 23.6 Å². The Morgan fingerprint density at radius 3 is 2.18 bits per heavy atom. The van der Waals surface area contributed by atoms with E-state index in [9.17, 15) is 9.90 Å². The number of nitrogens with zero attached hydrogens (tertiary/aromatic N) is 3. The Morgan fingerprint density at radius 1 is 0.763 bits per heavy atom. The second-order valence-electron chi connectivity index (χ2n) is 8.23. The average molecular weight is 673 g/mol. The Morgan fingerprint density at radius 2 is 1.47 bits per heavy atom. The molecular formula is C32H22IrN3O2-. The van der Waals surface area contributed by atoms with E-state index in [2.05, 4.69) is 27.1 Å². The number of carbonyl (C=O) groups excluding carboxylic acids is 1. The van der Waals surface area contributed by atoms with Crippen LogP contribution in [-0.4, -0.2) is 25.8 Å². The molecule has 0 amide bonds. The van der Waals surface area contributed by atoms with Crippen LogP contribution < -0.4 is 0 Å². The second kappa shape index (κ2) is 12.6. The summed E-state index contributed by atoms with van der Waals surface area (Å²) in [6.45, 7) is 0. The fourth-order valence-corrected chi connectivity index (χ4v) is 3.78. The van der Waals surface area contributed by atoms with E-state index in [1.807, 2.05) is 73.1 Å². The van der Waals surface area contributed by atoms with Crippen LogP contribution >= 0.6 is 0 Å². The zero-order chi connectivity index (χ0) is 25.5. The molecule has 6 rings (SSSR count). The first-order valence-corrected chi connectivity index (χ1v) is 11.7. The van der Waals surface area contributed by atoms with Gasteiger partial charge in [-0.1, -0.05) is 60.7 Å². The number of aliphatic hydroxyl groups is 1. The molecule has 0 spiro atoms. The Kier molecular flexibility index (Phi) is 8.83. The molecule has 0 fully saturated rings. The van der Waals surface area contributed by atoms with Crippen LogP contribution in [0.2, 0.25) is 0 Å². The molecule has 0 bridgehead atoms. The summed E-state index contributed by atoms with van der Waals surface area (Å²) in [6.07, 6.45) is 6.75. The zero-order valence-corrected chi connectivity index (χ0v) is 22.5. The molecule has 187 valence electrons. The first-order valence-electron chi connectivity index (χ1n) is 11.7. The minimum absolute atomic E-state index is 0. The van der Waals surface area contributed by atoms with Gasteiger partial charge in [0.15, 0.2) is 5.78 Å². The van der Waals surface area contributed by atoms with Crippen molar-refractivity contribution in [3.8, 4) is 11.4 Å². The molecule has 5 nitrogen and oxygen atoms in total. The van der Waals surface area contributed by atoms with Gasteiger partial charge in [-0.2, -0.15) is 0 Å². The molecule has 1 N–H and O–H groups in total. The number of allylic oxidation sites excluding steroid dienone is 1. The van der Waals surface area contributed by atoms with Gasteiger partial charge in [-0.15, -0.1) is 35.9 Å². The van der Waals surface area contributed by atoms with E-state index < -0.39 is 0 Å². The summed E-state index contributed by atoms with van der Waals surface area (Å²) >= 11 is 0. The molecule has 0 atom stereocenters. The van der Waals surface area contributed by atoms with Crippen LogP contribution in [0, 0.1) is 6.07 Å². The number of pyridine rings is 1. The molecule has 0 aliphatic carbocycles. The largest absolute Gasteiger partial charge is 0.507 e. The quantitative estimate of drug-likeness (QED) is 0.0711. The summed E-state index contributed by atoms with van der Waals surface area (Å²) in [7, 11) is 0. The summed E-state index contributed by atoms with van der Waals surface area (Å²) in [6, 6.07) is 34.9. The summed E-state index contributed by atoms with van der Waals surface area (Å²) in [5, 5.41) is 13.1.